The molecule has 14 heteroatoms. The standard InChI is InChI=1S/C34H41N3O9S2/c1-21(2)16-37(48(40,41)27-8-9-31-24(15-27)10-12-42-31)17-30(38)29(36-34(39)46-32-19-45-33-28(32)11-13-43-33)14-23-4-6-26(7-5-23)44-18-25-20-47-22(3)35-25/h4-10,12,15,20-21,28-30,32-33,38H,11,13-14,16-19H2,1-3H3,(H,36,39)/t28-,29-,30+,32-,33+/m0/s1/i1D3,2D3,3D3,16D2,18D2,19D2,21D,32D. The Bertz CT molecular complexity index is 2470. The van der Waals surface area contributed by atoms with Gasteiger partial charge in [-0.2, -0.15) is 4.31 Å². The van der Waals surface area contributed by atoms with Gasteiger partial charge in [0, 0.05) is 40.3 Å². The number of ether oxygens (including phenoxy) is 4. The second-order valence-electron chi connectivity index (χ2n) is 10.7. The number of aliphatic hydroxyl groups is 1. The normalized spacial score (nSPS) is 30.1. The summed E-state index contributed by atoms with van der Waals surface area (Å²) in [5.41, 5.74) is -0.0344. The highest BCUT2D eigenvalue weighted by molar-refractivity contribution is 7.89. The van der Waals surface area contributed by atoms with Gasteiger partial charge < -0.3 is 33.8 Å². The fraction of sp³-hybridized carbons (Fsp3) is 0.471. The number of thiazole rings is 1. The Hall–Kier alpha value is -3.53. The van der Waals surface area contributed by atoms with Crippen molar-refractivity contribution in [2.45, 2.75) is 69.4 Å². The van der Waals surface area contributed by atoms with Gasteiger partial charge in [-0.15, -0.1) is 11.3 Å². The topological polar surface area (TPSA) is 150 Å². The number of amides is 1. The van der Waals surface area contributed by atoms with E-state index in [4.69, 9.17) is 46.7 Å². The van der Waals surface area contributed by atoms with Crippen LogP contribution in [-0.2, 0) is 37.2 Å². The second-order valence-corrected chi connectivity index (χ2v) is 13.4. The van der Waals surface area contributed by atoms with E-state index in [1.165, 1.54) is 48.0 Å². The molecule has 0 bridgehead atoms. The first-order valence-electron chi connectivity index (χ1n) is 22.9. The molecule has 0 spiro atoms. The fourth-order valence-corrected chi connectivity index (χ4v) is 6.83. The number of furan rings is 1. The van der Waals surface area contributed by atoms with Gasteiger partial charge in [-0.05, 0) is 67.5 Å². The number of sulfonamides is 1. The monoisotopic (exact) mass is 716 g/mol. The van der Waals surface area contributed by atoms with Crippen molar-refractivity contribution in [2.75, 3.05) is 26.2 Å². The first kappa shape index (κ1) is 19.0. The van der Waals surface area contributed by atoms with Gasteiger partial charge in [-0.1, -0.05) is 25.8 Å². The summed E-state index contributed by atoms with van der Waals surface area (Å²) in [6.07, 6.45) is -7.32. The number of hydrogen-bond acceptors (Lipinski definition) is 11. The summed E-state index contributed by atoms with van der Waals surface area (Å²) in [5, 5.41) is 15.2. The Morgan fingerprint density at radius 3 is 2.94 bits per heavy atom. The van der Waals surface area contributed by atoms with Gasteiger partial charge in [0.1, 0.15) is 24.0 Å². The van der Waals surface area contributed by atoms with Crippen LogP contribution in [0.1, 0.15) is 59.7 Å². The van der Waals surface area contributed by atoms with Crippen LogP contribution in [0, 0.1) is 18.7 Å². The molecule has 2 aliphatic rings. The molecular weight excluding hydrogens is 659 g/mol. The first-order valence-corrected chi connectivity index (χ1v) is 16.7. The predicted octanol–water partition coefficient (Wildman–Crippen LogP) is 4.88. The lowest BCUT2D eigenvalue weighted by Gasteiger charge is -2.31. The summed E-state index contributed by atoms with van der Waals surface area (Å²) in [7, 11) is -5.47. The van der Waals surface area contributed by atoms with Gasteiger partial charge in [0.15, 0.2) is 6.29 Å². The molecule has 4 aromatic rings. The number of fused-ring (bicyclic) bond motifs is 2. The smallest absolute Gasteiger partial charge is 0.407 e. The number of nitrogens with one attached hydrogen (secondary N) is 1. The summed E-state index contributed by atoms with van der Waals surface area (Å²) >= 11 is 0.692. The maximum Gasteiger partial charge on any atom is 0.407 e. The van der Waals surface area contributed by atoms with Crippen LogP contribution in [0.4, 0.5) is 4.79 Å². The van der Waals surface area contributed by atoms with E-state index in [1.54, 1.807) is 0 Å². The van der Waals surface area contributed by atoms with Crippen LogP contribution in [0.3, 0.4) is 0 Å². The molecule has 2 saturated heterocycles. The third kappa shape index (κ3) is 8.18. The van der Waals surface area contributed by atoms with E-state index in [0.29, 0.717) is 11.3 Å². The summed E-state index contributed by atoms with van der Waals surface area (Å²) in [4.78, 5) is 16.8. The summed E-state index contributed by atoms with van der Waals surface area (Å²) in [6, 6.07) is 7.58. The molecule has 1 amide bonds. The lowest BCUT2D eigenvalue weighted by Crippen LogP contribution is -2.51. The van der Waals surface area contributed by atoms with Gasteiger partial charge in [-0.25, -0.2) is 18.2 Å². The molecule has 0 saturated carbocycles. The van der Waals surface area contributed by atoms with Crippen LogP contribution >= 0.6 is 11.3 Å². The van der Waals surface area contributed by atoms with Crippen molar-refractivity contribution in [3.63, 3.8) is 0 Å². The third-order valence-corrected chi connectivity index (χ3v) is 9.71. The fourth-order valence-electron chi connectivity index (χ4n) is 5.02. The zero-order valence-corrected chi connectivity index (χ0v) is 26.5. The number of rotatable bonds is 14. The van der Waals surface area contributed by atoms with E-state index in [-0.39, 0.29) is 50.3 Å². The minimum Gasteiger partial charge on any atom is -0.487 e. The number of carbonyl (C=O) groups is 1. The average Bonchev–Trinajstić information content (AvgIpc) is 3.99. The molecule has 2 aromatic carbocycles. The average molecular weight is 717 g/mol. The third-order valence-electron chi connectivity index (χ3n) is 7.38. The SMILES string of the molecule is [2H]C([2H])([2H])c1nc(C([2H])([2H])Oc2ccc(C[C@H](NC(=O)O[C@]3([2H])[C@@H]4CCO[C@@H]4OC3([2H])[2H])[C@H](O)CN(C([2H])([2H])C([2H])(C([2H])([2H])[2H])C([2H])([2H])[2H])S(=O)(=O)c3ccc4occc4c3)cc2)cs1. The summed E-state index contributed by atoms with van der Waals surface area (Å²) in [5.74, 6) is -5.52. The van der Waals surface area contributed by atoms with Crippen molar-refractivity contribution in [1.29, 1.82) is 0 Å². The van der Waals surface area contributed by atoms with Crippen LogP contribution in [0.5, 0.6) is 5.75 Å². The Balaban J connectivity index is 1.37. The first-order chi connectivity index (χ1) is 29.7. The minimum atomic E-state index is -5.47. The quantitative estimate of drug-likeness (QED) is 0.185. The lowest BCUT2D eigenvalue weighted by atomic mass is 10.0. The highest BCUT2D eigenvalue weighted by Gasteiger charge is 2.44. The van der Waals surface area contributed by atoms with Crippen LogP contribution < -0.4 is 10.1 Å². The minimum absolute atomic E-state index is 0.0243. The van der Waals surface area contributed by atoms with Gasteiger partial charge >= 0.3 is 6.09 Å². The van der Waals surface area contributed by atoms with Crippen LogP contribution in [0.2, 0.25) is 0 Å². The Morgan fingerprint density at radius 2 is 2.15 bits per heavy atom. The highest BCUT2D eigenvalue weighted by Crippen LogP contribution is 2.33. The van der Waals surface area contributed by atoms with E-state index < -0.39 is 110 Å². The molecule has 6 rings (SSSR count). The number of aliphatic hydroxyl groups excluding tert-OH is 1. The zero-order chi connectivity index (χ0) is 48.6. The second kappa shape index (κ2) is 14.9. The van der Waals surface area contributed by atoms with E-state index in [0.717, 1.165) is 12.1 Å². The van der Waals surface area contributed by atoms with Crippen molar-refractivity contribution in [3.05, 3.63) is 76.4 Å². The molecule has 2 aromatic heterocycles. The molecule has 2 N–H and O–H groups in total. The number of hydrogen-bond donors (Lipinski definition) is 2. The van der Waals surface area contributed by atoms with Crippen molar-refractivity contribution in [1.82, 2.24) is 14.6 Å². The van der Waals surface area contributed by atoms with E-state index in [1.807, 2.05) is 0 Å². The van der Waals surface area contributed by atoms with Gasteiger partial charge in [0.25, 0.3) is 0 Å². The number of aryl methyl sites for hydroxylation is 1. The maximum atomic E-state index is 14.6. The van der Waals surface area contributed by atoms with Gasteiger partial charge in [-0.3, -0.25) is 0 Å². The van der Waals surface area contributed by atoms with E-state index in [9.17, 15) is 18.3 Å². The largest absolute Gasteiger partial charge is 0.487 e. The predicted molar refractivity (Wildman–Crippen MR) is 178 cm³/mol. The van der Waals surface area contributed by atoms with Crippen molar-refractivity contribution >= 4 is 38.4 Å². The van der Waals surface area contributed by atoms with Gasteiger partial charge in [0.05, 0.1) is 59.9 Å². The molecule has 4 heterocycles. The molecule has 0 aliphatic carbocycles. The summed E-state index contributed by atoms with van der Waals surface area (Å²) < 4.78 is 195. The van der Waals surface area contributed by atoms with Crippen LogP contribution in [0.25, 0.3) is 11.0 Å². The maximum absolute atomic E-state index is 14.6. The molecule has 258 valence electrons. The van der Waals surface area contributed by atoms with Crippen molar-refractivity contribution in [3.8, 4) is 5.75 Å². The molecule has 5 atom stereocenters. The van der Waals surface area contributed by atoms with E-state index >= 15 is 0 Å². The number of aromatic nitrogens is 1. The highest BCUT2D eigenvalue weighted by atomic mass is 32.2. The van der Waals surface area contributed by atoms with E-state index in [2.05, 4.69) is 10.3 Å². The van der Waals surface area contributed by atoms with Crippen LogP contribution in [0.15, 0.2) is 69.5 Å². The zero-order valence-electron chi connectivity index (χ0n) is 41.8. The number of nitrogens with zero attached hydrogens (tertiary/aromatic N) is 2. The number of benzene rings is 2. The Morgan fingerprint density at radius 1 is 1.29 bits per heavy atom. The molecule has 2 fully saturated rings. The Labute approximate surface area is 307 Å². The molecule has 0 radical (unpaired) electrons. The summed E-state index contributed by atoms with van der Waals surface area (Å²) in [6.45, 7) is -22.1. The lowest BCUT2D eigenvalue weighted by molar-refractivity contribution is -0.0907. The molecule has 2 aliphatic heterocycles. The van der Waals surface area contributed by atoms with Gasteiger partial charge in [0.2, 0.25) is 10.0 Å². The number of carbonyl (C=O) groups excluding carboxylic acids is 1. The van der Waals surface area contributed by atoms with Crippen molar-refractivity contribution < 1.29 is 65.0 Å². The Kier molecular flexibility index (Phi) is 5.92. The molecule has 0 unspecified atom stereocenters. The molecular formula is C34H41N3O9S2. The number of alkyl carbamates (subject to hydrolysis) is 1. The molecule has 12 nitrogen and oxygen atoms in total. The molecule has 48 heavy (non-hydrogen) atoms. The van der Waals surface area contributed by atoms with Crippen LogP contribution in [-0.4, -0.2) is 79.6 Å². The van der Waals surface area contributed by atoms with Crippen molar-refractivity contribution in [2.24, 2.45) is 11.8 Å².